The second-order valence-corrected chi connectivity index (χ2v) is 8.59. The Balaban J connectivity index is 0.000000307. The number of halogens is 3. The summed E-state index contributed by atoms with van der Waals surface area (Å²) < 4.78 is 37.8. The lowest BCUT2D eigenvalue weighted by Crippen LogP contribution is -2.35. The number of carboxylic acids is 1. The molecule has 10 heteroatoms. The third kappa shape index (κ3) is 4.91. The minimum Gasteiger partial charge on any atom is -0.475 e. The molecule has 3 saturated heterocycles. The van der Waals surface area contributed by atoms with Crippen LogP contribution in [0.1, 0.15) is 18.4 Å². The van der Waals surface area contributed by atoms with E-state index in [2.05, 4.69) is 39.0 Å². The molecular weight excluding hydrogens is 427 g/mol. The van der Waals surface area contributed by atoms with Crippen LogP contribution in [-0.2, 0) is 20.9 Å². The number of carbonyl (C=O) groups excluding carboxylic acids is 1. The number of ether oxygens (including phenoxy) is 1. The van der Waals surface area contributed by atoms with E-state index in [9.17, 15) is 18.0 Å². The van der Waals surface area contributed by atoms with Gasteiger partial charge in [-0.2, -0.15) is 13.2 Å². The van der Waals surface area contributed by atoms with Gasteiger partial charge >= 0.3 is 12.1 Å². The van der Waals surface area contributed by atoms with Crippen LogP contribution in [0.15, 0.2) is 30.5 Å². The second kappa shape index (κ2) is 9.11. The number of carbonyl (C=O) groups is 2. The van der Waals surface area contributed by atoms with E-state index in [1.807, 2.05) is 6.20 Å². The van der Waals surface area contributed by atoms with Gasteiger partial charge in [-0.1, -0.05) is 12.1 Å². The first-order chi connectivity index (χ1) is 15.2. The number of aliphatic carboxylic acids is 1. The van der Waals surface area contributed by atoms with E-state index >= 15 is 0 Å². The Kier molecular flexibility index (Phi) is 6.43. The highest BCUT2D eigenvalue weighted by Crippen LogP contribution is 2.35. The van der Waals surface area contributed by atoms with Crippen molar-refractivity contribution in [1.82, 2.24) is 14.8 Å². The topological polar surface area (TPSA) is 85.9 Å². The maximum Gasteiger partial charge on any atom is 0.490 e. The molecule has 0 radical (unpaired) electrons. The van der Waals surface area contributed by atoms with Gasteiger partial charge in [0.15, 0.2) is 0 Å². The van der Waals surface area contributed by atoms with Gasteiger partial charge in [-0.3, -0.25) is 9.69 Å². The van der Waals surface area contributed by atoms with Gasteiger partial charge in [0.2, 0.25) is 5.91 Å². The number of aromatic amines is 1. The van der Waals surface area contributed by atoms with Gasteiger partial charge in [-0.25, -0.2) is 4.79 Å². The van der Waals surface area contributed by atoms with Crippen LogP contribution in [0.3, 0.4) is 0 Å². The third-order valence-electron chi connectivity index (χ3n) is 6.46. The smallest absolute Gasteiger partial charge is 0.475 e. The molecule has 4 heterocycles. The van der Waals surface area contributed by atoms with Gasteiger partial charge in [0.1, 0.15) is 0 Å². The van der Waals surface area contributed by atoms with Gasteiger partial charge in [0.25, 0.3) is 0 Å². The number of carboxylic acid groups (broad SMARTS) is 1. The summed E-state index contributed by atoms with van der Waals surface area (Å²) in [6.07, 6.45) is -0.978. The summed E-state index contributed by atoms with van der Waals surface area (Å²) in [6.45, 7) is 5.71. The van der Waals surface area contributed by atoms with Crippen LogP contribution < -0.4 is 0 Å². The van der Waals surface area contributed by atoms with Crippen molar-refractivity contribution in [2.75, 3.05) is 32.8 Å². The van der Waals surface area contributed by atoms with Crippen LogP contribution in [0.25, 0.3) is 10.9 Å². The van der Waals surface area contributed by atoms with Crippen molar-refractivity contribution in [3.05, 3.63) is 36.0 Å². The number of nitrogens with zero attached hydrogens (tertiary/aromatic N) is 2. The molecule has 0 unspecified atom stereocenters. The van der Waals surface area contributed by atoms with Gasteiger partial charge < -0.3 is 19.7 Å². The Morgan fingerprint density at radius 3 is 2.72 bits per heavy atom. The van der Waals surface area contributed by atoms with Gasteiger partial charge in [-0.15, -0.1) is 0 Å². The fraction of sp³-hybridized carbons (Fsp3) is 0.545. The molecular formula is C22H26F3N3O4. The summed E-state index contributed by atoms with van der Waals surface area (Å²) in [5.41, 5.74) is 2.59. The Labute approximate surface area is 183 Å². The fourth-order valence-electron chi connectivity index (χ4n) is 4.91. The highest BCUT2D eigenvalue weighted by atomic mass is 19.4. The molecule has 3 atom stereocenters. The molecule has 3 fully saturated rings. The van der Waals surface area contributed by atoms with Crippen LogP contribution >= 0.6 is 0 Å². The van der Waals surface area contributed by atoms with Crippen LogP contribution in [-0.4, -0.2) is 76.8 Å². The lowest BCUT2D eigenvalue weighted by Gasteiger charge is -2.24. The maximum absolute atomic E-state index is 11.9. The number of fused-ring (bicyclic) bond motifs is 2. The summed E-state index contributed by atoms with van der Waals surface area (Å²) in [5.74, 6) is -1.36. The van der Waals surface area contributed by atoms with E-state index in [1.165, 1.54) is 16.5 Å². The fourth-order valence-corrected chi connectivity index (χ4v) is 4.91. The van der Waals surface area contributed by atoms with E-state index in [0.717, 1.165) is 52.2 Å². The summed E-state index contributed by atoms with van der Waals surface area (Å²) in [7, 11) is 0. The van der Waals surface area contributed by atoms with Crippen molar-refractivity contribution in [3.8, 4) is 0 Å². The number of hydrogen-bond donors (Lipinski definition) is 2. The predicted octanol–water partition coefficient (Wildman–Crippen LogP) is 2.87. The highest BCUT2D eigenvalue weighted by Gasteiger charge is 2.44. The van der Waals surface area contributed by atoms with Crippen LogP contribution in [0.4, 0.5) is 13.2 Å². The number of H-pyrrole nitrogens is 1. The van der Waals surface area contributed by atoms with E-state index in [4.69, 9.17) is 14.6 Å². The Morgan fingerprint density at radius 2 is 2.03 bits per heavy atom. The van der Waals surface area contributed by atoms with Crippen molar-refractivity contribution in [2.45, 2.75) is 31.7 Å². The quantitative estimate of drug-likeness (QED) is 0.744. The number of aromatic nitrogens is 1. The number of hydrogen-bond acceptors (Lipinski definition) is 4. The molecule has 3 aliphatic rings. The van der Waals surface area contributed by atoms with E-state index in [1.54, 1.807) is 0 Å². The number of likely N-dealkylation sites (tertiary alicyclic amines) is 2. The van der Waals surface area contributed by atoms with Gasteiger partial charge in [0, 0.05) is 68.1 Å². The molecule has 0 spiro atoms. The summed E-state index contributed by atoms with van der Waals surface area (Å²) >= 11 is 0. The largest absolute Gasteiger partial charge is 0.490 e. The number of benzene rings is 1. The third-order valence-corrected chi connectivity index (χ3v) is 6.46. The van der Waals surface area contributed by atoms with Gasteiger partial charge in [0.05, 0.1) is 12.7 Å². The predicted molar refractivity (Wildman–Crippen MR) is 110 cm³/mol. The van der Waals surface area contributed by atoms with Crippen molar-refractivity contribution in [2.24, 2.45) is 11.8 Å². The Morgan fingerprint density at radius 1 is 1.25 bits per heavy atom. The molecule has 3 aliphatic heterocycles. The zero-order valence-corrected chi connectivity index (χ0v) is 17.5. The number of rotatable bonds is 4. The number of amides is 1. The molecule has 1 aromatic carbocycles. The van der Waals surface area contributed by atoms with Crippen LogP contribution in [0.5, 0.6) is 0 Å². The minimum absolute atomic E-state index is 0.331. The molecule has 0 aliphatic carbocycles. The molecule has 0 saturated carbocycles. The van der Waals surface area contributed by atoms with Crippen molar-refractivity contribution in [1.29, 1.82) is 0 Å². The second-order valence-electron chi connectivity index (χ2n) is 8.59. The summed E-state index contributed by atoms with van der Waals surface area (Å²) in [6, 6.07) is 8.65. The number of nitrogens with one attached hydrogen (secondary N) is 1. The molecule has 32 heavy (non-hydrogen) atoms. The number of alkyl halides is 3. The normalized spacial score (nSPS) is 25.8. The maximum atomic E-state index is 11.9. The van der Waals surface area contributed by atoms with Crippen molar-refractivity contribution >= 4 is 22.8 Å². The van der Waals surface area contributed by atoms with E-state index < -0.39 is 12.1 Å². The highest BCUT2D eigenvalue weighted by molar-refractivity contribution is 5.82. The summed E-state index contributed by atoms with van der Waals surface area (Å²) in [5, 5.41) is 8.44. The van der Waals surface area contributed by atoms with Crippen molar-refractivity contribution < 1.29 is 32.6 Å². The lowest BCUT2D eigenvalue weighted by molar-refractivity contribution is -0.192. The van der Waals surface area contributed by atoms with Gasteiger partial charge in [-0.05, 0) is 24.1 Å². The first-order valence-corrected chi connectivity index (χ1v) is 10.7. The van der Waals surface area contributed by atoms with Crippen LogP contribution in [0, 0.1) is 11.8 Å². The van der Waals surface area contributed by atoms with E-state index in [0.29, 0.717) is 23.8 Å². The SMILES string of the molecule is O=C(O)C(F)(F)F.O=C1CCCN1C[C@@H]1CO[C@@H]2CN(Cc3cccc4[nH]ccc34)C[C@H]12. The molecule has 0 bridgehead atoms. The monoisotopic (exact) mass is 453 g/mol. The van der Waals surface area contributed by atoms with Crippen LogP contribution in [0.2, 0.25) is 0 Å². The molecule has 1 amide bonds. The van der Waals surface area contributed by atoms with Crippen molar-refractivity contribution in [3.63, 3.8) is 0 Å². The molecule has 1 aromatic heterocycles. The van der Waals surface area contributed by atoms with E-state index in [-0.39, 0.29) is 0 Å². The summed E-state index contributed by atoms with van der Waals surface area (Å²) in [4.78, 5) is 28.7. The zero-order chi connectivity index (χ0) is 22.9. The molecule has 2 aromatic rings. The standard InChI is InChI=1S/C20H25N3O2.C2HF3O2/c24-20-5-2-8-23(20)10-15-13-25-19-12-22(11-17(15)19)9-14-3-1-4-18-16(14)6-7-21-18;3-2(4,5)1(6)7/h1,3-4,6-7,15,17,19,21H,2,5,8-13H2;(H,6,7)/t15-,17-,19-;/m1./s1. The first kappa shape index (κ1) is 22.6. The lowest BCUT2D eigenvalue weighted by atomic mass is 9.93. The average molecular weight is 453 g/mol. The Bertz CT molecular complexity index is 977. The Hall–Kier alpha value is -2.59. The minimum atomic E-state index is -5.08. The molecule has 5 rings (SSSR count). The average Bonchev–Trinajstić information content (AvgIpc) is 3.49. The molecule has 174 valence electrons. The molecule has 7 nitrogen and oxygen atoms in total. The first-order valence-electron chi connectivity index (χ1n) is 10.7. The molecule has 2 N–H and O–H groups in total. The zero-order valence-electron chi connectivity index (χ0n) is 17.5.